The maximum absolute atomic E-state index is 12.6. The van der Waals surface area contributed by atoms with Crippen molar-refractivity contribution in [3.8, 4) is 0 Å². The number of amides is 2. The molecule has 0 bridgehead atoms. The highest BCUT2D eigenvalue weighted by Crippen LogP contribution is 2.27. The van der Waals surface area contributed by atoms with Crippen LogP contribution in [-0.2, 0) is 4.79 Å². The Balaban J connectivity index is 2.26. The van der Waals surface area contributed by atoms with E-state index < -0.39 is 0 Å². The van der Waals surface area contributed by atoms with Crippen LogP contribution in [0.4, 0.5) is 11.4 Å². The van der Waals surface area contributed by atoms with Crippen molar-refractivity contribution in [1.82, 2.24) is 5.32 Å². The smallest absolute Gasteiger partial charge is 0.253 e. The predicted molar refractivity (Wildman–Crippen MR) is 94.0 cm³/mol. The lowest BCUT2D eigenvalue weighted by atomic mass is 10.1. The lowest BCUT2D eigenvalue weighted by molar-refractivity contribution is -0.115. The first-order chi connectivity index (χ1) is 11.0. The van der Waals surface area contributed by atoms with E-state index in [9.17, 15) is 9.59 Å². The fourth-order valence-electron chi connectivity index (χ4n) is 2.67. The van der Waals surface area contributed by atoms with Gasteiger partial charge in [-0.05, 0) is 37.0 Å². The summed E-state index contributed by atoms with van der Waals surface area (Å²) in [6, 6.07) is 5.61. The molecule has 2 rings (SSSR count). The van der Waals surface area contributed by atoms with Gasteiger partial charge in [0.25, 0.3) is 5.91 Å². The molecule has 1 aromatic rings. The quantitative estimate of drug-likeness (QED) is 0.848. The van der Waals surface area contributed by atoms with E-state index in [1.54, 1.807) is 6.07 Å². The molecular weight excluding hydrogens is 290 g/mol. The largest absolute Gasteiger partial charge is 0.371 e. The molecule has 0 spiro atoms. The van der Waals surface area contributed by atoms with Crippen molar-refractivity contribution < 1.29 is 9.59 Å². The zero-order valence-corrected chi connectivity index (χ0v) is 14.3. The van der Waals surface area contributed by atoms with Crippen LogP contribution in [0, 0.1) is 5.92 Å². The van der Waals surface area contributed by atoms with Crippen molar-refractivity contribution in [1.29, 1.82) is 0 Å². The monoisotopic (exact) mass is 317 g/mol. The third-order valence-corrected chi connectivity index (χ3v) is 3.96. The van der Waals surface area contributed by atoms with Crippen LogP contribution in [0.15, 0.2) is 18.2 Å². The minimum Gasteiger partial charge on any atom is -0.371 e. The molecule has 0 aromatic heterocycles. The van der Waals surface area contributed by atoms with E-state index in [0.29, 0.717) is 30.1 Å². The summed E-state index contributed by atoms with van der Waals surface area (Å²) in [5.74, 6) is 0.276. The fraction of sp³-hybridized carbons (Fsp3) is 0.556. The van der Waals surface area contributed by atoms with E-state index in [0.717, 1.165) is 31.6 Å². The molecule has 0 saturated carbocycles. The van der Waals surface area contributed by atoms with E-state index in [1.807, 2.05) is 19.1 Å². The van der Waals surface area contributed by atoms with Crippen LogP contribution in [0.1, 0.15) is 50.4 Å². The van der Waals surface area contributed by atoms with Crippen molar-refractivity contribution in [3.05, 3.63) is 23.8 Å². The second-order valence-electron chi connectivity index (χ2n) is 6.43. The second-order valence-corrected chi connectivity index (χ2v) is 6.43. The minimum absolute atomic E-state index is 0.0486. The Morgan fingerprint density at radius 2 is 1.91 bits per heavy atom. The first-order valence-corrected chi connectivity index (χ1v) is 8.48. The molecule has 1 aromatic carbocycles. The molecular formula is C18H27N3O2. The highest BCUT2D eigenvalue weighted by Gasteiger charge is 2.20. The van der Waals surface area contributed by atoms with Gasteiger partial charge in [-0.15, -0.1) is 0 Å². The van der Waals surface area contributed by atoms with Crippen LogP contribution in [-0.4, -0.2) is 31.4 Å². The van der Waals surface area contributed by atoms with Crippen LogP contribution >= 0.6 is 0 Å². The summed E-state index contributed by atoms with van der Waals surface area (Å²) in [7, 11) is 0. The fourth-order valence-corrected chi connectivity index (χ4v) is 2.67. The zero-order chi connectivity index (χ0) is 16.8. The number of carbonyl (C=O) groups is 2. The molecule has 126 valence electrons. The third kappa shape index (κ3) is 4.71. The van der Waals surface area contributed by atoms with Gasteiger partial charge >= 0.3 is 0 Å². The number of anilines is 2. The lowest BCUT2D eigenvalue weighted by Crippen LogP contribution is -2.30. The molecule has 5 heteroatoms. The topological polar surface area (TPSA) is 61.4 Å². The summed E-state index contributed by atoms with van der Waals surface area (Å²) in [4.78, 5) is 26.4. The Hall–Kier alpha value is -2.04. The summed E-state index contributed by atoms with van der Waals surface area (Å²) in [5.41, 5.74) is 2.27. The molecule has 0 aliphatic carbocycles. The molecule has 2 N–H and O–H groups in total. The number of nitrogens with one attached hydrogen (secondary N) is 2. The molecule has 0 unspecified atom stereocenters. The summed E-state index contributed by atoms with van der Waals surface area (Å²) in [6.45, 7) is 8.55. The van der Waals surface area contributed by atoms with E-state index in [1.165, 1.54) is 0 Å². The number of nitrogens with zero attached hydrogens (tertiary/aromatic N) is 1. The van der Waals surface area contributed by atoms with Gasteiger partial charge in [0.05, 0.1) is 5.56 Å². The first kappa shape index (κ1) is 17.3. The molecule has 0 atom stereocenters. The summed E-state index contributed by atoms with van der Waals surface area (Å²) in [5, 5.41) is 5.81. The number of carbonyl (C=O) groups excluding carboxylic acids is 2. The second kappa shape index (κ2) is 7.99. The Morgan fingerprint density at radius 1 is 1.22 bits per heavy atom. The van der Waals surface area contributed by atoms with Gasteiger partial charge < -0.3 is 15.5 Å². The van der Waals surface area contributed by atoms with E-state index in [4.69, 9.17) is 0 Å². The molecule has 1 fully saturated rings. The zero-order valence-electron chi connectivity index (χ0n) is 14.3. The van der Waals surface area contributed by atoms with E-state index >= 15 is 0 Å². The van der Waals surface area contributed by atoms with Crippen molar-refractivity contribution in [2.45, 2.75) is 40.0 Å². The third-order valence-electron chi connectivity index (χ3n) is 3.96. The van der Waals surface area contributed by atoms with Crippen LogP contribution in [0.5, 0.6) is 0 Å². The number of hydrogen-bond acceptors (Lipinski definition) is 3. The number of hydrogen-bond donors (Lipinski definition) is 2. The summed E-state index contributed by atoms with van der Waals surface area (Å²) >= 11 is 0. The van der Waals surface area contributed by atoms with Gasteiger partial charge in [-0.25, -0.2) is 0 Å². The molecule has 1 aliphatic heterocycles. The highest BCUT2D eigenvalue weighted by atomic mass is 16.2. The average Bonchev–Trinajstić information content (AvgIpc) is 3.06. The van der Waals surface area contributed by atoms with Crippen LogP contribution in [0.25, 0.3) is 0 Å². The Bertz CT molecular complexity index is 563. The summed E-state index contributed by atoms with van der Waals surface area (Å²) in [6.07, 6.45) is 2.73. The molecule has 1 saturated heterocycles. The SMILES string of the molecule is CCC(=O)Nc1ccc(N2CCCC2)c(C(=O)NCC(C)C)c1. The van der Waals surface area contributed by atoms with Crippen molar-refractivity contribution in [2.24, 2.45) is 5.92 Å². The van der Waals surface area contributed by atoms with Crippen LogP contribution in [0.3, 0.4) is 0 Å². The van der Waals surface area contributed by atoms with Gasteiger partial charge in [0.1, 0.15) is 0 Å². The van der Waals surface area contributed by atoms with Crippen LogP contribution in [0.2, 0.25) is 0 Å². The van der Waals surface area contributed by atoms with Crippen LogP contribution < -0.4 is 15.5 Å². The van der Waals surface area contributed by atoms with Crippen molar-refractivity contribution >= 4 is 23.2 Å². The van der Waals surface area contributed by atoms with Gasteiger partial charge in [-0.2, -0.15) is 0 Å². The summed E-state index contributed by atoms with van der Waals surface area (Å²) < 4.78 is 0. The standard InChI is InChI=1S/C18H27N3O2/c1-4-17(22)20-14-7-8-16(21-9-5-6-10-21)15(11-14)18(23)19-12-13(2)3/h7-8,11,13H,4-6,9-10,12H2,1-3H3,(H,19,23)(H,20,22). The molecule has 23 heavy (non-hydrogen) atoms. The molecule has 1 aliphatic rings. The molecule has 1 heterocycles. The average molecular weight is 317 g/mol. The maximum atomic E-state index is 12.6. The van der Waals surface area contributed by atoms with E-state index in [2.05, 4.69) is 29.4 Å². The number of rotatable bonds is 6. The number of benzene rings is 1. The Morgan fingerprint density at radius 3 is 2.52 bits per heavy atom. The van der Waals surface area contributed by atoms with Crippen molar-refractivity contribution in [3.63, 3.8) is 0 Å². The molecule has 0 radical (unpaired) electrons. The highest BCUT2D eigenvalue weighted by molar-refractivity contribution is 6.02. The molecule has 2 amide bonds. The van der Waals surface area contributed by atoms with Gasteiger partial charge in [-0.1, -0.05) is 20.8 Å². The lowest BCUT2D eigenvalue weighted by Gasteiger charge is -2.22. The van der Waals surface area contributed by atoms with Gasteiger partial charge in [0.15, 0.2) is 0 Å². The minimum atomic E-state index is -0.0757. The van der Waals surface area contributed by atoms with E-state index in [-0.39, 0.29) is 11.8 Å². The van der Waals surface area contributed by atoms with Crippen molar-refractivity contribution in [2.75, 3.05) is 29.9 Å². The normalized spacial score (nSPS) is 14.2. The predicted octanol–water partition coefficient (Wildman–Crippen LogP) is 3.02. The maximum Gasteiger partial charge on any atom is 0.253 e. The Labute approximate surface area is 138 Å². The van der Waals surface area contributed by atoms with Gasteiger partial charge in [0, 0.05) is 37.4 Å². The first-order valence-electron chi connectivity index (χ1n) is 8.48. The Kier molecular flexibility index (Phi) is 6.02. The molecule has 5 nitrogen and oxygen atoms in total. The van der Waals surface area contributed by atoms with Gasteiger partial charge in [0.2, 0.25) is 5.91 Å². The van der Waals surface area contributed by atoms with Gasteiger partial charge in [-0.3, -0.25) is 9.59 Å².